The Hall–Kier alpha value is -2.80. The van der Waals surface area contributed by atoms with Crippen molar-refractivity contribution >= 4 is 11.4 Å². The van der Waals surface area contributed by atoms with Crippen molar-refractivity contribution in [2.45, 2.75) is 47.0 Å². The van der Waals surface area contributed by atoms with E-state index in [9.17, 15) is 0 Å². The van der Waals surface area contributed by atoms with Crippen LogP contribution in [0.1, 0.15) is 47.1 Å². The Balaban J connectivity index is 0.00000132. The topological polar surface area (TPSA) is 3.24 Å². The summed E-state index contributed by atoms with van der Waals surface area (Å²) in [5, 5.41) is 0. The Kier molecular flexibility index (Phi) is 6.46. The third-order valence-electron chi connectivity index (χ3n) is 6.83. The zero-order chi connectivity index (χ0) is 22.7. The molecule has 0 atom stereocenters. The van der Waals surface area contributed by atoms with E-state index < -0.39 is 0 Å². The van der Waals surface area contributed by atoms with Crippen molar-refractivity contribution in [2.24, 2.45) is 10.8 Å². The van der Waals surface area contributed by atoms with Crippen molar-refractivity contribution in [3.63, 3.8) is 0 Å². The van der Waals surface area contributed by atoms with E-state index >= 15 is 0 Å². The van der Waals surface area contributed by atoms with Crippen LogP contribution in [-0.2, 0) is 5.41 Å². The number of fused-ring (bicyclic) bond motifs is 2. The molecule has 1 spiro atoms. The number of hydrogen-bond acceptors (Lipinski definition) is 1. The van der Waals surface area contributed by atoms with Gasteiger partial charge in [0.25, 0.3) is 0 Å². The van der Waals surface area contributed by atoms with Crippen LogP contribution in [0.3, 0.4) is 0 Å². The molecular formula is C30H37N. The molecule has 4 rings (SSSR count). The van der Waals surface area contributed by atoms with Crippen molar-refractivity contribution < 1.29 is 0 Å². The quantitative estimate of drug-likeness (QED) is 0.426. The van der Waals surface area contributed by atoms with E-state index in [4.69, 9.17) is 0 Å². The molecule has 162 valence electrons. The van der Waals surface area contributed by atoms with E-state index in [1.54, 1.807) is 0 Å². The minimum Gasteiger partial charge on any atom is -0.337 e. The number of nitrogens with zero attached hydrogens (tertiary/aromatic N) is 1. The molecular weight excluding hydrogens is 374 g/mol. The van der Waals surface area contributed by atoms with Crippen molar-refractivity contribution in [3.05, 3.63) is 109 Å². The second kappa shape index (κ2) is 8.75. The van der Waals surface area contributed by atoms with Crippen molar-refractivity contribution in [3.8, 4) is 0 Å². The number of rotatable bonds is 1. The third-order valence-corrected chi connectivity index (χ3v) is 6.83. The van der Waals surface area contributed by atoms with E-state index in [2.05, 4.69) is 130 Å². The first kappa shape index (κ1) is 22.9. The molecule has 0 saturated carbocycles. The molecule has 31 heavy (non-hydrogen) atoms. The minimum absolute atomic E-state index is 0.0701. The number of para-hydroxylation sites is 2. The summed E-state index contributed by atoms with van der Waals surface area (Å²) in [4.78, 5) is 2.42. The average molecular weight is 412 g/mol. The fourth-order valence-corrected chi connectivity index (χ4v) is 5.71. The highest BCUT2D eigenvalue weighted by molar-refractivity contribution is 5.72. The van der Waals surface area contributed by atoms with Crippen molar-refractivity contribution in [1.29, 1.82) is 0 Å². The zero-order valence-electron chi connectivity index (χ0n) is 20.0. The van der Waals surface area contributed by atoms with E-state index in [0.29, 0.717) is 0 Å². The number of anilines is 2. The lowest BCUT2D eigenvalue weighted by Gasteiger charge is -2.52. The van der Waals surface area contributed by atoms with Gasteiger partial charge >= 0.3 is 0 Å². The largest absolute Gasteiger partial charge is 0.337 e. The van der Waals surface area contributed by atoms with Gasteiger partial charge in [0.15, 0.2) is 0 Å². The van der Waals surface area contributed by atoms with E-state index in [1.807, 2.05) is 13.8 Å². The summed E-state index contributed by atoms with van der Waals surface area (Å²) in [5.41, 5.74) is 4.57. The van der Waals surface area contributed by atoms with Gasteiger partial charge < -0.3 is 4.90 Å². The SMILES string of the molecule is C=C1/C=C\C=C/CN(c2ccccc2)c2ccccc2C12C(C)(C)C=CC2(C)C.CC. The maximum Gasteiger partial charge on any atom is 0.0456 e. The van der Waals surface area contributed by atoms with Crippen LogP contribution in [0.15, 0.2) is 103 Å². The first-order valence-corrected chi connectivity index (χ1v) is 11.5. The molecule has 1 heterocycles. The summed E-state index contributed by atoms with van der Waals surface area (Å²) in [5.74, 6) is 0. The summed E-state index contributed by atoms with van der Waals surface area (Å²) in [7, 11) is 0. The fourth-order valence-electron chi connectivity index (χ4n) is 5.71. The number of benzene rings is 2. The maximum atomic E-state index is 4.63. The van der Waals surface area contributed by atoms with E-state index in [1.165, 1.54) is 16.9 Å². The lowest BCUT2D eigenvalue weighted by Crippen LogP contribution is -2.49. The molecule has 2 aliphatic rings. The maximum absolute atomic E-state index is 4.63. The van der Waals surface area contributed by atoms with Gasteiger partial charge in [-0.3, -0.25) is 0 Å². The van der Waals surface area contributed by atoms with Gasteiger partial charge in [-0.15, -0.1) is 0 Å². The molecule has 1 heteroatoms. The number of hydrogen-bond donors (Lipinski definition) is 0. The molecule has 0 saturated heterocycles. The summed E-state index contributed by atoms with van der Waals surface area (Å²) in [6.45, 7) is 18.9. The highest BCUT2D eigenvalue weighted by Crippen LogP contribution is 2.64. The molecule has 0 N–H and O–H groups in total. The molecule has 2 aromatic rings. The minimum atomic E-state index is -0.245. The van der Waals surface area contributed by atoms with E-state index in [-0.39, 0.29) is 16.2 Å². The van der Waals surface area contributed by atoms with Crippen LogP contribution in [0.5, 0.6) is 0 Å². The second-order valence-corrected chi connectivity index (χ2v) is 9.30. The highest BCUT2D eigenvalue weighted by atomic mass is 15.1. The molecule has 0 amide bonds. The van der Waals surface area contributed by atoms with Crippen molar-refractivity contribution in [2.75, 3.05) is 11.4 Å². The third kappa shape index (κ3) is 3.61. The summed E-state index contributed by atoms with van der Waals surface area (Å²) in [6, 6.07) is 19.6. The predicted molar refractivity (Wildman–Crippen MR) is 137 cm³/mol. The number of allylic oxidation sites excluding steroid dienone is 6. The lowest BCUT2D eigenvalue weighted by atomic mass is 9.51. The van der Waals surface area contributed by atoms with Crippen LogP contribution in [0, 0.1) is 10.8 Å². The van der Waals surface area contributed by atoms with Crippen LogP contribution in [-0.4, -0.2) is 6.54 Å². The van der Waals surface area contributed by atoms with Crippen molar-refractivity contribution in [1.82, 2.24) is 0 Å². The Morgan fingerprint density at radius 1 is 0.774 bits per heavy atom. The van der Waals surface area contributed by atoms with Crippen LogP contribution in [0.4, 0.5) is 11.4 Å². The van der Waals surface area contributed by atoms with Crippen LogP contribution < -0.4 is 4.90 Å². The normalized spacial score (nSPS) is 22.3. The van der Waals surface area contributed by atoms with Gasteiger partial charge in [0.1, 0.15) is 0 Å². The Morgan fingerprint density at radius 2 is 1.35 bits per heavy atom. The Labute approximate surface area is 189 Å². The molecule has 0 radical (unpaired) electrons. The molecule has 1 nitrogen and oxygen atoms in total. The van der Waals surface area contributed by atoms with Gasteiger partial charge in [0.05, 0.1) is 0 Å². The summed E-state index contributed by atoms with van der Waals surface area (Å²) >= 11 is 0. The second-order valence-electron chi connectivity index (χ2n) is 9.30. The molecule has 1 aliphatic carbocycles. The molecule has 2 aromatic carbocycles. The Morgan fingerprint density at radius 3 is 2.00 bits per heavy atom. The lowest BCUT2D eigenvalue weighted by molar-refractivity contribution is 0.168. The first-order valence-electron chi connectivity index (χ1n) is 11.5. The smallest absolute Gasteiger partial charge is 0.0456 e. The molecule has 0 bridgehead atoms. The molecule has 0 unspecified atom stereocenters. The molecule has 0 aromatic heterocycles. The molecule has 0 fully saturated rings. The van der Waals surface area contributed by atoms with Crippen LogP contribution in [0.2, 0.25) is 0 Å². The highest BCUT2D eigenvalue weighted by Gasteiger charge is 2.59. The van der Waals surface area contributed by atoms with Gasteiger partial charge in [-0.1, -0.05) is 121 Å². The van der Waals surface area contributed by atoms with Gasteiger partial charge in [-0.25, -0.2) is 0 Å². The van der Waals surface area contributed by atoms with E-state index in [0.717, 1.165) is 12.1 Å². The molecule has 1 aliphatic heterocycles. The first-order chi connectivity index (χ1) is 14.8. The van der Waals surface area contributed by atoms with Gasteiger partial charge in [-0.05, 0) is 40.2 Å². The van der Waals surface area contributed by atoms with Gasteiger partial charge in [0.2, 0.25) is 0 Å². The summed E-state index contributed by atoms with van der Waals surface area (Å²) < 4.78 is 0. The summed E-state index contributed by atoms with van der Waals surface area (Å²) in [6.07, 6.45) is 13.5. The zero-order valence-corrected chi connectivity index (χ0v) is 20.0. The predicted octanol–water partition coefficient (Wildman–Crippen LogP) is 8.39. The standard InChI is InChI=1S/C28H31N.C2H6/c1-22-14-8-7-13-21-29(23-15-9-6-10-16-23)25-18-12-11-17-24(25)28(22)26(2,3)19-20-27(28,4)5;1-2/h6-20H,1,21H2,2-5H3;1-2H3/b13-7-,14-8-;. The monoisotopic (exact) mass is 411 g/mol. The average Bonchev–Trinajstić information content (AvgIpc) is 2.97. The van der Waals surface area contributed by atoms with Gasteiger partial charge in [-0.2, -0.15) is 0 Å². The van der Waals surface area contributed by atoms with Gasteiger partial charge in [0, 0.05) is 23.3 Å². The Bertz CT molecular complexity index is 984. The van der Waals surface area contributed by atoms with Crippen LogP contribution >= 0.6 is 0 Å². The fraction of sp³-hybridized carbons (Fsp3) is 0.333. The van der Waals surface area contributed by atoms with Crippen LogP contribution in [0.25, 0.3) is 0 Å².